The Labute approximate surface area is 155 Å². The third-order valence-electron chi connectivity index (χ3n) is 4.16. The highest BCUT2D eigenvalue weighted by Crippen LogP contribution is 2.27. The Kier molecular flexibility index (Phi) is 4.42. The van der Waals surface area contributed by atoms with E-state index >= 15 is 0 Å². The number of hydrogen-bond donors (Lipinski definition) is 0. The summed E-state index contributed by atoms with van der Waals surface area (Å²) >= 11 is 0. The smallest absolute Gasteiger partial charge is 0.163 e. The predicted octanol–water partition coefficient (Wildman–Crippen LogP) is 4.63. The number of aromatic nitrogens is 5. The Morgan fingerprint density at radius 1 is 0.808 bits per heavy atom. The van der Waals surface area contributed by atoms with Crippen molar-refractivity contribution in [3.63, 3.8) is 0 Å². The zero-order valence-corrected chi connectivity index (χ0v) is 16.7. The molecule has 0 saturated carbocycles. The second kappa shape index (κ2) is 6.31. The zero-order chi connectivity index (χ0) is 19.1. The van der Waals surface area contributed by atoms with Gasteiger partial charge in [0.15, 0.2) is 5.82 Å². The van der Waals surface area contributed by atoms with E-state index < -0.39 is 0 Å². The Hall–Kier alpha value is -2.56. The SMILES string of the molecule is Cc1ccnn1-c1cccc(-c2nc(C(C)(C)C)nc(C(C)(C)C)n2)c1. The van der Waals surface area contributed by atoms with E-state index in [1.807, 2.05) is 35.9 Å². The maximum Gasteiger partial charge on any atom is 0.163 e. The molecular weight excluding hydrogens is 322 g/mol. The molecule has 2 heterocycles. The molecule has 0 radical (unpaired) electrons. The van der Waals surface area contributed by atoms with E-state index in [1.54, 1.807) is 6.20 Å². The van der Waals surface area contributed by atoms with Crippen molar-refractivity contribution in [3.8, 4) is 17.1 Å². The molecule has 136 valence electrons. The van der Waals surface area contributed by atoms with Crippen molar-refractivity contribution in [2.75, 3.05) is 0 Å². The van der Waals surface area contributed by atoms with Gasteiger partial charge in [0.2, 0.25) is 0 Å². The van der Waals surface area contributed by atoms with Crippen molar-refractivity contribution in [3.05, 3.63) is 53.9 Å². The van der Waals surface area contributed by atoms with E-state index in [-0.39, 0.29) is 10.8 Å². The normalized spacial score (nSPS) is 12.4. The van der Waals surface area contributed by atoms with Crippen LogP contribution >= 0.6 is 0 Å². The van der Waals surface area contributed by atoms with Crippen molar-refractivity contribution < 1.29 is 0 Å². The number of aryl methyl sites for hydroxylation is 1. The van der Waals surface area contributed by atoms with E-state index in [2.05, 4.69) is 52.7 Å². The van der Waals surface area contributed by atoms with Crippen LogP contribution in [0.2, 0.25) is 0 Å². The molecule has 0 fully saturated rings. The van der Waals surface area contributed by atoms with Gasteiger partial charge in [-0.15, -0.1) is 0 Å². The minimum atomic E-state index is -0.145. The lowest BCUT2D eigenvalue weighted by Crippen LogP contribution is -2.24. The van der Waals surface area contributed by atoms with E-state index in [9.17, 15) is 0 Å². The minimum absolute atomic E-state index is 0.145. The summed E-state index contributed by atoms with van der Waals surface area (Å²) in [5, 5.41) is 4.40. The molecule has 26 heavy (non-hydrogen) atoms. The van der Waals surface area contributed by atoms with Gasteiger partial charge in [-0.25, -0.2) is 19.6 Å². The average Bonchev–Trinajstić information content (AvgIpc) is 2.99. The molecule has 0 atom stereocenters. The molecule has 1 aromatic carbocycles. The number of hydrogen-bond acceptors (Lipinski definition) is 4. The monoisotopic (exact) mass is 349 g/mol. The van der Waals surface area contributed by atoms with E-state index in [1.165, 1.54) is 0 Å². The maximum atomic E-state index is 4.78. The molecule has 0 N–H and O–H groups in total. The van der Waals surface area contributed by atoms with Gasteiger partial charge >= 0.3 is 0 Å². The lowest BCUT2D eigenvalue weighted by Gasteiger charge is -2.22. The molecule has 0 amide bonds. The molecule has 3 rings (SSSR count). The number of benzene rings is 1. The highest BCUT2D eigenvalue weighted by molar-refractivity contribution is 5.59. The summed E-state index contributed by atoms with van der Waals surface area (Å²) in [6.07, 6.45) is 1.81. The molecule has 0 spiro atoms. The van der Waals surface area contributed by atoms with Crippen LogP contribution in [0.1, 0.15) is 58.9 Å². The third-order valence-corrected chi connectivity index (χ3v) is 4.16. The molecule has 0 saturated heterocycles. The topological polar surface area (TPSA) is 56.5 Å². The minimum Gasteiger partial charge on any atom is -0.238 e. The average molecular weight is 349 g/mol. The highest BCUT2D eigenvalue weighted by Gasteiger charge is 2.25. The van der Waals surface area contributed by atoms with Crippen LogP contribution in [-0.2, 0) is 10.8 Å². The fourth-order valence-corrected chi connectivity index (χ4v) is 2.59. The molecule has 3 aromatic rings. The second-order valence-corrected chi connectivity index (χ2v) is 8.74. The molecule has 0 aliphatic heterocycles. The predicted molar refractivity (Wildman–Crippen MR) is 105 cm³/mol. The summed E-state index contributed by atoms with van der Waals surface area (Å²) in [6.45, 7) is 14.8. The summed E-state index contributed by atoms with van der Waals surface area (Å²) < 4.78 is 1.92. The van der Waals surface area contributed by atoms with Gasteiger partial charge in [0.1, 0.15) is 11.6 Å². The van der Waals surface area contributed by atoms with Gasteiger partial charge in [0.05, 0.1) is 5.69 Å². The lowest BCUT2D eigenvalue weighted by molar-refractivity contribution is 0.497. The fourth-order valence-electron chi connectivity index (χ4n) is 2.59. The molecule has 5 nitrogen and oxygen atoms in total. The van der Waals surface area contributed by atoms with E-state index in [0.29, 0.717) is 5.82 Å². The Morgan fingerprint density at radius 3 is 1.92 bits per heavy atom. The van der Waals surface area contributed by atoms with Crippen LogP contribution in [0.15, 0.2) is 36.5 Å². The Bertz CT molecular complexity index is 894. The zero-order valence-electron chi connectivity index (χ0n) is 16.7. The summed E-state index contributed by atoms with van der Waals surface area (Å²) in [5.74, 6) is 2.34. The molecule has 0 bridgehead atoms. The summed E-state index contributed by atoms with van der Waals surface area (Å²) in [7, 11) is 0. The number of nitrogens with zero attached hydrogens (tertiary/aromatic N) is 5. The molecule has 0 aliphatic rings. The first-order valence-corrected chi connectivity index (χ1v) is 8.94. The number of rotatable bonds is 2. The van der Waals surface area contributed by atoms with Gasteiger partial charge in [-0.2, -0.15) is 5.10 Å². The fraction of sp³-hybridized carbons (Fsp3) is 0.429. The van der Waals surface area contributed by atoms with Crippen LogP contribution < -0.4 is 0 Å². The van der Waals surface area contributed by atoms with Gasteiger partial charge in [0, 0.05) is 28.3 Å². The van der Waals surface area contributed by atoms with Crippen molar-refractivity contribution in [2.45, 2.75) is 59.3 Å². The van der Waals surface area contributed by atoms with Gasteiger partial charge in [-0.3, -0.25) is 0 Å². The standard InChI is InChI=1S/C21H27N5/c1-14-11-12-22-26(14)16-10-8-9-15(13-16)17-23-18(20(2,3)4)25-19(24-17)21(5,6)7/h8-13H,1-7H3. The molecule has 0 aliphatic carbocycles. The van der Waals surface area contributed by atoms with Crippen LogP contribution in [0.5, 0.6) is 0 Å². The van der Waals surface area contributed by atoms with E-state index in [0.717, 1.165) is 28.6 Å². The first-order chi connectivity index (χ1) is 12.1. The van der Waals surface area contributed by atoms with Crippen molar-refractivity contribution in [1.82, 2.24) is 24.7 Å². The van der Waals surface area contributed by atoms with E-state index in [4.69, 9.17) is 15.0 Å². The molecule has 0 unspecified atom stereocenters. The summed E-state index contributed by atoms with van der Waals surface area (Å²) in [6, 6.07) is 10.2. The van der Waals surface area contributed by atoms with Crippen molar-refractivity contribution in [1.29, 1.82) is 0 Å². The summed E-state index contributed by atoms with van der Waals surface area (Å²) in [4.78, 5) is 14.3. The van der Waals surface area contributed by atoms with Crippen LogP contribution in [0.3, 0.4) is 0 Å². The van der Waals surface area contributed by atoms with Gasteiger partial charge in [0.25, 0.3) is 0 Å². The molecular formula is C21H27N5. The van der Waals surface area contributed by atoms with Gasteiger partial charge in [-0.1, -0.05) is 53.7 Å². The van der Waals surface area contributed by atoms with Gasteiger partial charge in [-0.05, 0) is 25.1 Å². The second-order valence-electron chi connectivity index (χ2n) is 8.74. The molecule has 5 heteroatoms. The van der Waals surface area contributed by atoms with Crippen molar-refractivity contribution >= 4 is 0 Å². The van der Waals surface area contributed by atoms with Crippen molar-refractivity contribution in [2.24, 2.45) is 0 Å². The Morgan fingerprint density at radius 2 is 1.42 bits per heavy atom. The summed E-state index contributed by atoms with van der Waals surface area (Å²) in [5.41, 5.74) is 2.77. The Balaban J connectivity index is 2.16. The molecule has 2 aromatic heterocycles. The van der Waals surface area contributed by atoms with Crippen LogP contribution in [0, 0.1) is 6.92 Å². The van der Waals surface area contributed by atoms with Crippen LogP contribution in [-0.4, -0.2) is 24.7 Å². The van der Waals surface area contributed by atoms with Crippen LogP contribution in [0.25, 0.3) is 17.1 Å². The van der Waals surface area contributed by atoms with Crippen LogP contribution in [0.4, 0.5) is 0 Å². The lowest BCUT2D eigenvalue weighted by atomic mass is 9.93. The quantitative estimate of drug-likeness (QED) is 0.677. The highest BCUT2D eigenvalue weighted by atomic mass is 15.3. The van der Waals surface area contributed by atoms with Gasteiger partial charge < -0.3 is 0 Å². The third kappa shape index (κ3) is 3.66. The largest absolute Gasteiger partial charge is 0.238 e. The maximum absolute atomic E-state index is 4.78. The first-order valence-electron chi connectivity index (χ1n) is 8.94. The first kappa shape index (κ1) is 18.2.